The molecule has 2 heteroatoms. The largest absolute Gasteiger partial charge is 0.366 e. The summed E-state index contributed by atoms with van der Waals surface area (Å²) >= 11 is 0. The highest BCUT2D eigenvalue weighted by Crippen LogP contribution is 2.29. The van der Waals surface area contributed by atoms with Gasteiger partial charge in [-0.05, 0) is 56.6 Å². The summed E-state index contributed by atoms with van der Waals surface area (Å²) in [6.45, 7) is 3.39. The van der Waals surface area contributed by atoms with Crippen molar-refractivity contribution in [2.24, 2.45) is 0 Å². The van der Waals surface area contributed by atoms with E-state index < -0.39 is 0 Å². The average Bonchev–Trinajstić information content (AvgIpc) is 3.02. The topological polar surface area (TPSA) is 6.48 Å². The number of anilines is 1. The minimum absolute atomic E-state index is 0.573. The predicted molar refractivity (Wildman–Crippen MR) is 104 cm³/mol. The molecule has 0 spiro atoms. The third-order valence-electron chi connectivity index (χ3n) is 5.32. The van der Waals surface area contributed by atoms with Gasteiger partial charge >= 0.3 is 0 Å². The summed E-state index contributed by atoms with van der Waals surface area (Å²) in [5.41, 5.74) is 4.42. The van der Waals surface area contributed by atoms with E-state index in [4.69, 9.17) is 0 Å². The number of likely N-dealkylation sites (N-methyl/N-ethyl adjacent to an activating group) is 1. The Bertz CT molecular complexity index is 610. The van der Waals surface area contributed by atoms with E-state index >= 15 is 0 Å². The maximum atomic E-state index is 2.65. The molecule has 0 saturated heterocycles. The van der Waals surface area contributed by atoms with E-state index in [9.17, 15) is 0 Å². The molecular weight excluding hydrogens is 292 g/mol. The summed E-state index contributed by atoms with van der Waals surface area (Å²) in [6, 6.07) is 21.1. The van der Waals surface area contributed by atoms with Crippen molar-refractivity contribution >= 4 is 5.69 Å². The number of fused-ring (bicyclic) bond motifs is 1. The first-order valence-corrected chi connectivity index (χ1v) is 9.24. The van der Waals surface area contributed by atoms with Crippen LogP contribution in [0.4, 0.5) is 5.69 Å². The van der Waals surface area contributed by atoms with Gasteiger partial charge in [0, 0.05) is 24.3 Å². The average molecular weight is 322 g/mol. The Hall–Kier alpha value is -1.80. The third kappa shape index (κ3) is 3.81. The van der Waals surface area contributed by atoms with E-state index in [1.165, 1.54) is 29.7 Å². The van der Waals surface area contributed by atoms with Crippen LogP contribution in [0.5, 0.6) is 0 Å². The van der Waals surface area contributed by atoms with E-state index in [-0.39, 0.29) is 0 Å². The lowest BCUT2D eigenvalue weighted by Crippen LogP contribution is -2.45. The summed E-state index contributed by atoms with van der Waals surface area (Å²) in [5, 5.41) is 0. The normalized spacial score (nSPS) is 15.5. The van der Waals surface area contributed by atoms with Gasteiger partial charge in [0.25, 0.3) is 0 Å². The van der Waals surface area contributed by atoms with Crippen molar-refractivity contribution in [3.63, 3.8) is 0 Å². The van der Waals surface area contributed by atoms with Crippen molar-refractivity contribution in [2.45, 2.75) is 44.7 Å². The Morgan fingerprint density at radius 3 is 2.04 bits per heavy atom. The third-order valence-corrected chi connectivity index (χ3v) is 5.32. The zero-order valence-electron chi connectivity index (χ0n) is 15.3. The predicted octanol–water partition coefficient (Wildman–Crippen LogP) is 4.39. The van der Waals surface area contributed by atoms with Gasteiger partial charge in [-0.15, -0.1) is 0 Å². The van der Waals surface area contributed by atoms with Gasteiger partial charge < -0.3 is 9.80 Å². The van der Waals surface area contributed by atoms with Gasteiger partial charge in [-0.2, -0.15) is 0 Å². The Labute approximate surface area is 147 Å². The fourth-order valence-corrected chi connectivity index (χ4v) is 3.91. The van der Waals surface area contributed by atoms with Gasteiger partial charge in [0.1, 0.15) is 0 Å². The lowest BCUT2D eigenvalue weighted by Gasteiger charge is -2.37. The van der Waals surface area contributed by atoms with Crippen LogP contribution >= 0.6 is 0 Å². The van der Waals surface area contributed by atoms with Crippen LogP contribution in [-0.2, 0) is 12.8 Å². The first-order valence-electron chi connectivity index (χ1n) is 9.24. The van der Waals surface area contributed by atoms with Crippen molar-refractivity contribution in [1.82, 2.24) is 4.90 Å². The Morgan fingerprint density at radius 1 is 0.917 bits per heavy atom. The van der Waals surface area contributed by atoms with Crippen molar-refractivity contribution < 1.29 is 0 Å². The maximum Gasteiger partial charge on any atom is 0.0371 e. The second-order valence-electron chi connectivity index (χ2n) is 7.22. The van der Waals surface area contributed by atoms with Crippen molar-refractivity contribution in [2.75, 3.05) is 25.5 Å². The molecule has 0 radical (unpaired) electrons. The fourth-order valence-electron chi connectivity index (χ4n) is 3.91. The van der Waals surface area contributed by atoms with Crippen LogP contribution in [0, 0.1) is 0 Å². The molecule has 3 rings (SSSR count). The standard InChI is InChI=1S/C22H30N2/c1-4-10-21(23(2)3)17-24(20-13-6-5-7-14-20)22-15-18-11-8-9-12-19(18)16-22/h5-9,11-14,21-22H,4,10,15-17H2,1-3H3. The van der Waals surface area contributed by atoms with E-state index in [2.05, 4.69) is 85.4 Å². The second kappa shape index (κ2) is 7.85. The molecule has 1 unspecified atom stereocenters. The lowest BCUT2D eigenvalue weighted by atomic mass is 10.1. The van der Waals surface area contributed by atoms with Crippen molar-refractivity contribution in [1.29, 1.82) is 0 Å². The monoisotopic (exact) mass is 322 g/mol. The molecule has 0 bridgehead atoms. The zero-order valence-corrected chi connectivity index (χ0v) is 15.3. The molecule has 2 aromatic rings. The molecule has 1 atom stereocenters. The van der Waals surface area contributed by atoms with Crippen LogP contribution in [0.15, 0.2) is 54.6 Å². The van der Waals surface area contributed by atoms with E-state index in [0.29, 0.717) is 12.1 Å². The van der Waals surface area contributed by atoms with Gasteiger partial charge in [-0.1, -0.05) is 55.8 Å². The van der Waals surface area contributed by atoms with Gasteiger partial charge in [-0.3, -0.25) is 0 Å². The summed E-state index contributed by atoms with van der Waals surface area (Å²) in [5.74, 6) is 0. The smallest absolute Gasteiger partial charge is 0.0371 e. The Kier molecular flexibility index (Phi) is 5.57. The highest BCUT2D eigenvalue weighted by atomic mass is 15.2. The second-order valence-corrected chi connectivity index (χ2v) is 7.22. The molecule has 0 amide bonds. The number of hydrogen-bond donors (Lipinski definition) is 0. The summed E-state index contributed by atoms with van der Waals surface area (Å²) < 4.78 is 0. The molecule has 1 aliphatic carbocycles. The first kappa shape index (κ1) is 17.0. The van der Waals surface area contributed by atoms with Gasteiger partial charge in [0.05, 0.1) is 0 Å². The molecule has 0 aliphatic heterocycles. The zero-order chi connectivity index (χ0) is 16.9. The highest BCUT2D eigenvalue weighted by molar-refractivity contribution is 5.50. The van der Waals surface area contributed by atoms with Crippen molar-refractivity contribution in [3.8, 4) is 0 Å². The summed E-state index contributed by atoms with van der Waals surface area (Å²) in [7, 11) is 4.43. The van der Waals surface area contributed by atoms with E-state index in [1.54, 1.807) is 0 Å². The number of benzene rings is 2. The summed E-state index contributed by atoms with van der Waals surface area (Å²) in [6.07, 6.45) is 4.81. The molecule has 2 aromatic carbocycles. The highest BCUT2D eigenvalue weighted by Gasteiger charge is 2.28. The minimum Gasteiger partial charge on any atom is -0.366 e. The number of para-hydroxylation sites is 1. The van der Waals surface area contributed by atoms with Crippen LogP contribution in [0.25, 0.3) is 0 Å². The number of nitrogens with zero attached hydrogens (tertiary/aromatic N) is 2. The molecular formula is C22H30N2. The van der Waals surface area contributed by atoms with Crippen LogP contribution < -0.4 is 4.90 Å². The molecule has 0 fully saturated rings. The van der Waals surface area contributed by atoms with Crippen LogP contribution in [-0.4, -0.2) is 37.6 Å². The van der Waals surface area contributed by atoms with Crippen molar-refractivity contribution in [3.05, 3.63) is 65.7 Å². The molecule has 2 nitrogen and oxygen atoms in total. The molecule has 0 saturated carbocycles. The maximum absolute atomic E-state index is 2.65. The van der Waals surface area contributed by atoms with E-state index in [0.717, 1.165) is 19.4 Å². The van der Waals surface area contributed by atoms with Gasteiger partial charge in [0.2, 0.25) is 0 Å². The SMILES string of the molecule is CCCC(CN(c1ccccc1)C1Cc2ccccc2C1)N(C)C. The van der Waals surface area contributed by atoms with Crippen LogP contribution in [0.2, 0.25) is 0 Å². The van der Waals surface area contributed by atoms with E-state index in [1.807, 2.05) is 0 Å². The Morgan fingerprint density at radius 2 is 1.50 bits per heavy atom. The molecule has 0 aromatic heterocycles. The first-order chi connectivity index (χ1) is 11.7. The quantitative estimate of drug-likeness (QED) is 0.746. The minimum atomic E-state index is 0.573. The molecule has 128 valence electrons. The lowest BCUT2D eigenvalue weighted by molar-refractivity contribution is 0.273. The molecule has 24 heavy (non-hydrogen) atoms. The molecule has 0 heterocycles. The molecule has 1 aliphatic rings. The van der Waals surface area contributed by atoms with Gasteiger partial charge in [0.15, 0.2) is 0 Å². The number of hydrogen-bond acceptors (Lipinski definition) is 2. The Balaban J connectivity index is 1.84. The van der Waals surface area contributed by atoms with Crippen LogP contribution in [0.3, 0.4) is 0 Å². The fraction of sp³-hybridized carbons (Fsp3) is 0.455. The number of rotatable bonds is 7. The molecule has 0 N–H and O–H groups in total. The van der Waals surface area contributed by atoms with Gasteiger partial charge in [-0.25, -0.2) is 0 Å². The summed E-state index contributed by atoms with van der Waals surface area (Å²) in [4.78, 5) is 5.04. The van der Waals surface area contributed by atoms with Crippen LogP contribution in [0.1, 0.15) is 30.9 Å².